The zero-order valence-electron chi connectivity index (χ0n) is 22.4. The topological polar surface area (TPSA) is 73.4 Å². The van der Waals surface area contributed by atoms with Gasteiger partial charge in [0.2, 0.25) is 5.91 Å². The van der Waals surface area contributed by atoms with Crippen LogP contribution in [0.2, 0.25) is 0 Å². The molecule has 200 valence electrons. The number of hydrogen-bond acceptors (Lipinski definition) is 6. The summed E-state index contributed by atoms with van der Waals surface area (Å²) in [5.74, 6) is 1.72. The number of hydrogen-bond donors (Lipinski definition) is 2. The van der Waals surface area contributed by atoms with Crippen molar-refractivity contribution in [2.75, 3.05) is 56.0 Å². The van der Waals surface area contributed by atoms with Crippen LogP contribution in [0.3, 0.4) is 0 Å². The standard InChI is InChI=1S/C32H36N6O/c39-32(19-24-5-2-1-3-6-24)35-28-11-8-26(9-12-28)27-10-13-29-30(20-27)36-31(22-34-29)38-17-15-37(16-18-38)23-25-7-4-14-33-21-25/h1-3,5-6,8-13,20,22,25,33H,4,7,14-19,21,23H2,(H,35,39). The largest absolute Gasteiger partial charge is 0.353 e. The van der Waals surface area contributed by atoms with Crippen molar-refractivity contribution in [3.63, 3.8) is 0 Å². The van der Waals surface area contributed by atoms with Gasteiger partial charge < -0.3 is 15.5 Å². The fraction of sp³-hybridized carbons (Fsp3) is 0.344. The third-order valence-electron chi connectivity index (χ3n) is 7.85. The van der Waals surface area contributed by atoms with Crippen molar-refractivity contribution in [2.45, 2.75) is 19.3 Å². The third kappa shape index (κ3) is 6.44. The van der Waals surface area contributed by atoms with Gasteiger partial charge in [-0.05, 0) is 72.8 Å². The van der Waals surface area contributed by atoms with E-state index >= 15 is 0 Å². The van der Waals surface area contributed by atoms with Gasteiger partial charge in [0.1, 0.15) is 5.82 Å². The lowest BCUT2D eigenvalue weighted by atomic mass is 9.99. The Labute approximate surface area is 230 Å². The Hall–Kier alpha value is -3.81. The lowest BCUT2D eigenvalue weighted by Crippen LogP contribution is -2.49. The van der Waals surface area contributed by atoms with Crippen LogP contribution >= 0.6 is 0 Å². The fourth-order valence-corrected chi connectivity index (χ4v) is 5.67. The molecule has 2 aliphatic rings. The van der Waals surface area contributed by atoms with Crippen LogP contribution in [0.15, 0.2) is 79.0 Å². The molecule has 2 saturated heterocycles. The van der Waals surface area contributed by atoms with Gasteiger partial charge in [0.15, 0.2) is 0 Å². The molecule has 2 fully saturated rings. The van der Waals surface area contributed by atoms with Gasteiger partial charge in [0, 0.05) is 38.4 Å². The lowest BCUT2D eigenvalue weighted by Gasteiger charge is -2.37. The van der Waals surface area contributed by atoms with Crippen molar-refractivity contribution < 1.29 is 4.79 Å². The van der Waals surface area contributed by atoms with Gasteiger partial charge in [-0.25, -0.2) is 4.98 Å². The molecule has 4 aromatic rings. The maximum Gasteiger partial charge on any atom is 0.228 e. The maximum atomic E-state index is 12.4. The van der Waals surface area contributed by atoms with Crippen LogP contribution in [-0.2, 0) is 11.2 Å². The molecular formula is C32H36N6O. The molecule has 0 radical (unpaired) electrons. The Bertz CT molecular complexity index is 1390. The molecule has 7 heteroatoms. The highest BCUT2D eigenvalue weighted by atomic mass is 16.1. The van der Waals surface area contributed by atoms with E-state index in [9.17, 15) is 4.79 Å². The zero-order chi connectivity index (χ0) is 26.4. The van der Waals surface area contributed by atoms with E-state index in [4.69, 9.17) is 9.97 Å². The summed E-state index contributed by atoms with van der Waals surface area (Å²) >= 11 is 0. The summed E-state index contributed by atoms with van der Waals surface area (Å²) in [4.78, 5) is 27.1. The Morgan fingerprint density at radius 3 is 2.49 bits per heavy atom. The summed E-state index contributed by atoms with van der Waals surface area (Å²) in [5.41, 5.74) is 5.76. The molecule has 2 aliphatic heterocycles. The van der Waals surface area contributed by atoms with Gasteiger partial charge in [-0.2, -0.15) is 0 Å². The highest BCUT2D eigenvalue weighted by molar-refractivity contribution is 5.92. The summed E-state index contributed by atoms with van der Waals surface area (Å²) in [6.45, 7) is 7.64. The molecule has 3 aromatic carbocycles. The van der Waals surface area contributed by atoms with Crippen LogP contribution in [0.1, 0.15) is 18.4 Å². The SMILES string of the molecule is O=C(Cc1ccccc1)Nc1ccc(-c2ccc3ncc(N4CCN(CC5CCCNC5)CC4)nc3c2)cc1. The highest BCUT2D eigenvalue weighted by Crippen LogP contribution is 2.26. The Morgan fingerprint density at radius 2 is 1.72 bits per heavy atom. The first-order valence-electron chi connectivity index (χ1n) is 14.1. The maximum absolute atomic E-state index is 12.4. The van der Waals surface area contributed by atoms with E-state index in [-0.39, 0.29) is 5.91 Å². The van der Waals surface area contributed by atoms with E-state index in [0.29, 0.717) is 6.42 Å². The highest BCUT2D eigenvalue weighted by Gasteiger charge is 2.22. The second kappa shape index (κ2) is 11.9. The number of rotatable bonds is 7. The molecule has 39 heavy (non-hydrogen) atoms. The molecule has 0 aliphatic carbocycles. The minimum Gasteiger partial charge on any atom is -0.353 e. The fourth-order valence-electron chi connectivity index (χ4n) is 5.67. The number of nitrogens with zero attached hydrogens (tertiary/aromatic N) is 4. The molecule has 1 aromatic heterocycles. The molecule has 1 unspecified atom stereocenters. The number of nitrogens with one attached hydrogen (secondary N) is 2. The van der Waals surface area contributed by atoms with Gasteiger partial charge in [-0.3, -0.25) is 14.7 Å². The number of piperazine rings is 1. The van der Waals surface area contributed by atoms with E-state index in [1.54, 1.807) is 0 Å². The zero-order valence-corrected chi connectivity index (χ0v) is 22.4. The third-order valence-corrected chi connectivity index (χ3v) is 7.85. The molecule has 2 N–H and O–H groups in total. The summed E-state index contributed by atoms with van der Waals surface area (Å²) in [6, 6.07) is 24.0. The van der Waals surface area contributed by atoms with E-state index in [2.05, 4.69) is 32.6 Å². The van der Waals surface area contributed by atoms with Crippen LogP contribution in [0.4, 0.5) is 11.5 Å². The molecule has 7 nitrogen and oxygen atoms in total. The number of carbonyl (C=O) groups excluding carboxylic acids is 1. The summed E-state index contributed by atoms with van der Waals surface area (Å²) < 4.78 is 0. The van der Waals surface area contributed by atoms with Crippen molar-refractivity contribution in [1.82, 2.24) is 20.2 Å². The monoisotopic (exact) mass is 520 g/mol. The van der Waals surface area contributed by atoms with Crippen LogP contribution in [0.5, 0.6) is 0 Å². The average Bonchev–Trinajstić information content (AvgIpc) is 2.98. The lowest BCUT2D eigenvalue weighted by molar-refractivity contribution is -0.115. The average molecular weight is 521 g/mol. The summed E-state index contributed by atoms with van der Waals surface area (Å²) in [7, 11) is 0. The molecule has 0 bridgehead atoms. The van der Waals surface area contributed by atoms with E-state index in [1.165, 1.54) is 25.9 Å². The molecule has 1 amide bonds. The first-order chi connectivity index (χ1) is 19.2. The van der Waals surface area contributed by atoms with Gasteiger partial charge in [-0.15, -0.1) is 0 Å². The second-order valence-electron chi connectivity index (χ2n) is 10.7. The van der Waals surface area contributed by atoms with Gasteiger partial charge in [0.05, 0.1) is 23.7 Å². The summed E-state index contributed by atoms with van der Waals surface area (Å²) in [6.07, 6.45) is 4.92. The number of amides is 1. The number of aromatic nitrogens is 2. The molecule has 1 atom stereocenters. The predicted molar refractivity (Wildman–Crippen MR) is 158 cm³/mol. The quantitative estimate of drug-likeness (QED) is 0.371. The Morgan fingerprint density at radius 1 is 0.923 bits per heavy atom. The number of benzene rings is 3. The number of carbonyl (C=O) groups is 1. The molecule has 0 spiro atoms. The summed E-state index contributed by atoms with van der Waals surface area (Å²) in [5, 5.41) is 6.53. The van der Waals surface area contributed by atoms with Gasteiger partial charge >= 0.3 is 0 Å². The van der Waals surface area contributed by atoms with Crippen molar-refractivity contribution in [3.8, 4) is 11.1 Å². The Kier molecular flexibility index (Phi) is 7.79. The van der Waals surface area contributed by atoms with Crippen LogP contribution in [0, 0.1) is 5.92 Å². The first kappa shape index (κ1) is 25.5. The van der Waals surface area contributed by atoms with Crippen molar-refractivity contribution in [3.05, 3.63) is 84.6 Å². The van der Waals surface area contributed by atoms with Crippen LogP contribution < -0.4 is 15.5 Å². The smallest absolute Gasteiger partial charge is 0.228 e. The van der Waals surface area contributed by atoms with Crippen LogP contribution in [0.25, 0.3) is 22.2 Å². The number of anilines is 2. The number of piperidine rings is 1. The van der Waals surface area contributed by atoms with E-state index in [1.807, 2.05) is 66.9 Å². The van der Waals surface area contributed by atoms with Crippen molar-refractivity contribution in [1.29, 1.82) is 0 Å². The predicted octanol–water partition coefficient (Wildman–Crippen LogP) is 4.60. The van der Waals surface area contributed by atoms with Gasteiger partial charge in [0.25, 0.3) is 0 Å². The molecule has 3 heterocycles. The van der Waals surface area contributed by atoms with Crippen molar-refractivity contribution in [2.24, 2.45) is 5.92 Å². The first-order valence-corrected chi connectivity index (χ1v) is 14.1. The number of fused-ring (bicyclic) bond motifs is 1. The molecule has 6 rings (SSSR count). The second-order valence-corrected chi connectivity index (χ2v) is 10.7. The van der Waals surface area contributed by atoms with Crippen molar-refractivity contribution >= 4 is 28.4 Å². The van der Waals surface area contributed by atoms with Crippen LogP contribution in [-0.4, -0.2) is 66.6 Å². The van der Waals surface area contributed by atoms with E-state index < -0.39 is 0 Å². The minimum atomic E-state index is -0.0192. The normalized spacial score (nSPS) is 18.3. The van der Waals surface area contributed by atoms with Gasteiger partial charge in [-0.1, -0.05) is 48.5 Å². The Balaban J connectivity index is 1.09. The minimum absolute atomic E-state index is 0.0192. The molecule has 0 saturated carbocycles. The molecular weight excluding hydrogens is 484 g/mol. The van der Waals surface area contributed by atoms with E-state index in [0.717, 1.165) is 77.9 Å².